The van der Waals surface area contributed by atoms with E-state index in [4.69, 9.17) is 28.9 Å². The molecule has 1 amide bonds. The first kappa shape index (κ1) is 14.6. The van der Waals surface area contributed by atoms with Crippen molar-refractivity contribution in [3.05, 3.63) is 33.8 Å². The number of carbonyl (C=O) groups is 1. The maximum absolute atomic E-state index is 12.2. The maximum atomic E-state index is 12.2. The zero-order chi connectivity index (χ0) is 13.8. The summed E-state index contributed by atoms with van der Waals surface area (Å²) in [6.07, 6.45) is 5.28. The van der Waals surface area contributed by atoms with E-state index < -0.39 is 0 Å². The van der Waals surface area contributed by atoms with Crippen LogP contribution in [0.1, 0.15) is 42.5 Å². The van der Waals surface area contributed by atoms with E-state index in [1.54, 1.807) is 18.2 Å². The van der Waals surface area contributed by atoms with E-state index in [2.05, 4.69) is 5.32 Å². The van der Waals surface area contributed by atoms with Crippen LogP contribution in [-0.4, -0.2) is 18.0 Å². The highest BCUT2D eigenvalue weighted by molar-refractivity contribution is 6.43. The number of benzene rings is 1. The minimum atomic E-state index is -0.199. The fourth-order valence-corrected chi connectivity index (χ4v) is 2.83. The van der Waals surface area contributed by atoms with Crippen molar-refractivity contribution in [1.82, 2.24) is 5.32 Å². The molecule has 1 saturated carbocycles. The van der Waals surface area contributed by atoms with Gasteiger partial charge in [-0.15, -0.1) is 0 Å². The molecule has 0 aromatic heterocycles. The summed E-state index contributed by atoms with van der Waals surface area (Å²) >= 11 is 12.0. The van der Waals surface area contributed by atoms with Crippen LogP contribution in [0.5, 0.6) is 0 Å². The van der Waals surface area contributed by atoms with Crippen LogP contribution in [0.15, 0.2) is 18.2 Å². The third-order valence-electron chi connectivity index (χ3n) is 3.58. The lowest BCUT2D eigenvalue weighted by molar-refractivity contribution is 0.0929. The first-order chi connectivity index (χ1) is 9.09. The molecule has 0 aliphatic heterocycles. The van der Waals surface area contributed by atoms with Gasteiger partial charge in [0.1, 0.15) is 0 Å². The molecule has 1 aromatic carbocycles. The fraction of sp³-hybridized carbons (Fsp3) is 0.500. The first-order valence-electron chi connectivity index (χ1n) is 6.60. The van der Waals surface area contributed by atoms with Crippen LogP contribution in [0, 0.1) is 0 Å². The highest BCUT2D eigenvalue weighted by Crippen LogP contribution is 2.26. The topological polar surface area (TPSA) is 55.1 Å². The molecule has 1 aliphatic carbocycles. The van der Waals surface area contributed by atoms with E-state index in [1.807, 2.05) is 0 Å². The SMILES string of the molecule is NC1CCCCCC1NC(=O)c1cccc(Cl)c1Cl. The Morgan fingerprint density at radius 1 is 1.21 bits per heavy atom. The van der Waals surface area contributed by atoms with E-state index in [0.29, 0.717) is 15.6 Å². The van der Waals surface area contributed by atoms with E-state index in [9.17, 15) is 4.79 Å². The van der Waals surface area contributed by atoms with Crippen molar-refractivity contribution in [2.24, 2.45) is 5.73 Å². The molecular weight excluding hydrogens is 283 g/mol. The standard InChI is InChI=1S/C14H18Cl2N2O/c15-10-6-4-5-9(13(10)16)14(19)18-12-8-3-1-2-7-11(12)17/h4-6,11-12H,1-3,7-8,17H2,(H,18,19). The lowest BCUT2D eigenvalue weighted by atomic mass is 10.0. The predicted molar refractivity (Wildman–Crippen MR) is 78.8 cm³/mol. The number of halogens is 2. The van der Waals surface area contributed by atoms with Crippen LogP contribution in [0.4, 0.5) is 0 Å². The normalized spacial score (nSPS) is 23.7. The van der Waals surface area contributed by atoms with Crippen LogP contribution in [-0.2, 0) is 0 Å². The van der Waals surface area contributed by atoms with Crippen molar-refractivity contribution in [3.8, 4) is 0 Å². The highest BCUT2D eigenvalue weighted by Gasteiger charge is 2.23. The van der Waals surface area contributed by atoms with Gasteiger partial charge in [-0.3, -0.25) is 4.79 Å². The number of rotatable bonds is 2. The van der Waals surface area contributed by atoms with Crippen LogP contribution in [0.3, 0.4) is 0 Å². The number of hydrogen-bond donors (Lipinski definition) is 2. The predicted octanol–water partition coefficient (Wildman–Crippen LogP) is 3.38. The molecule has 2 atom stereocenters. The molecule has 104 valence electrons. The van der Waals surface area contributed by atoms with Gasteiger partial charge in [-0.1, -0.05) is 48.5 Å². The van der Waals surface area contributed by atoms with E-state index >= 15 is 0 Å². The highest BCUT2D eigenvalue weighted by atomic mass is 35.5. The molecule has 3 N–H and O–H groups in total. The van der Waals surface area contributed by atoms with Gasteiger partial charge >= 0.3 is 0 Å². The van der Waals surface area contributed by atoms with Gasteiger partial charge in [0.2, 0.25) is 0 Å². The summed E-state index contributed by atoms with van der Waals surface area (Å²) in [6, 6.07) is 5.09. The summed E-state index contributed by atoms with van der Waals surface area (Å²) in [7, 11) is 0. The molecule has 0 bridgehead atoms. The van der Waals surface area contributed by atoms with Gasteiger partial charge in [-0.2, -0.15) is 0 Å². The van der Waals surface area contributed by atoms with Crippen LogP contribution < -0.4 is 11.1 Å². The average Bonchev–Trinajstić information content (AvgIpc) is 2.58. The second-order valence-corrected chi connectivity index (χ2v) is 5.77. The minimum absolute atomic E-state index is 0.0180. The van der Waals surface area contributed by atoms with Gasteiger partial charge in [0, 0.05) is 12.1 Å². The molecular formula is C14H18Cl2N2O. The number of nitrogens with one attached hydrogen (secondary N) is 1. The van der Waals surface area contributed by atoms with Gasteiger partial charge < -0.3 is 11.1 Å². The monoisotopic (exact) mass is 300 g/mol. The molecule has 2 rings (SSSR count). The molecule has 0 radical (unpaired) electrons. The molecule has 1 aromatic rings. The third kappa shape index (κ3) is 3.62. The quantitative estimate of drug-likeness (QED) is 0.823. The summed E-state index contributed by atoms with van der Waals surface area (Å²) in [5.74, 6) is -0.199. The van der Waals surface area contributed by atoms with Gasteiger partial charge in [0.05, 0.1) is 15.6 Å². The van der Waals surface area contributed by atoms with Gasteiger partial charge in [-0.25, -0.2) is 0 Å². The number of carbonyl (C=O) groups excluding carboxylic acids is 1. The maximum Gasteiger partial charge on any atom is 0.253 e. The molecule has 5 heteroatoms. The Morgan fingerprint density at radius 3 is 2.74 bits per heavy atom. The summed E-state index contributed by atoms with van der Waals surface area (Å²) in [5.41, 5.74) is 6.51. The lowest BCUT2D eigenvalue weighted by Crippen LogP contribution is -2.47. The zero-order valence-corrected chi connectivity index (χ0v) is 12.2. The van der Waals surface area contributed by atoms with Crippen LogP contribution in [0.25, 0.3) is 0 Å². The van der Waals surface area contributed by atoms with Crippen molar-refractivity contribution >= 4 is 29.1 Å². The molecule has 2 unspecified atom stereocenters. The van der Waals surface area contributed by atoms with Crippen molar-refractivity contribution < 1.29 is 4.79 Å². The first-order valence-corrected chi connectivity index (χ1v) is 7.35. The summed E-state index contributed by atoms with van der Waals surface area (Å²) < 4.78 is 0. The second-order valence-electron chi connectivity index (χ2n) is 4.98. The summed E-state index contributed by atoms with van der Waals surface area (Å²) in [6.45, 7) is 0. The molecule has 1 aliphatic rings. The molecule has 1 fully saturated rings. The van der Waals surface area contributed by atoms with Crippen molar-refractivity contribution in [2.75, 3.05) is 0 Å². The molecule has 3 nitrogen and oxygen atoms in total. The van der Waals surface area contributed by atoms with Crippen molar-refractivity contribution in [3.63, 3.8) is 0 Å². The zero-order valence-electron chi connectivity index (χ0n) is 10.7. The van der Waals surface area contributed by atoms with E-state index in [1.165, 1.54) is 6.42 Å². The lowest BCUT2D eigenvalue weighted by Gasteiger charge is -2.23. The van der Waals surface area contributed by atoms with E-state index in [0.717, 1.165) is 25.7 Å². The Kier molecular flexibility index (Phi) is 5.08. The van der Waals surface area contributed by atoms with Gasteiger partial charge in [0.15, 0.2) is 0 Å². The second kappa shape index (κ2) is 6.60. The number of hydrogen-bond acceptors (Lipinski definition) is 2. The number of nitrogens with two attached hydrogens (primary N) is 1. The molecule has 19 heavy (non-hydrogen) atoms. The Morgan fingerprint density at radius 2 is 1.95 bits per heavy atom. The third-order valence-corrected chi connectivity index (χ3v) is 4.40. The largest absolute Gasteiger partial charge is 0.348 e. The minimum Gasteiger partial charge on any atom is -0.348 e. The van der Waals surface area contributed by atoms with Crippen molar-refractivity contribution in [2.45, 2.75) is 44.2 Å². The average molecular weight is 301 g/mol. The Bertz CT molecular complexity index is 465. The summed E-state index contributed by atoms with van der Waals surface area (Å²) in [5, 5.41) is 3.67. The smallest absolute Gasteiger partial charge is 0.253 e. The number of amides is 1. The van der Waals surface area contributed by atoms with Gasteiger partial charge in [-0.05, 0) is 25.0 Å². The Balaban J connectivity index is 2.09. The fourth-order valence-electron chi connectivity index (χ4n) is 2.44. The molecule has 0 saturated heterocycles. The Labute approximate surface area is 123 Å². The molecule has 0 spiro atoms. The molecule has 0 heterocycles. The van der Waals surface area contributed by atoms with Gasteiger partial charge in [0.25, 0.3) is 5.91 Å². The van der Waals surface area contributed by atoms with Crippen LogP contribution in [0.2, 0.25) is 10.0 Å². The van der Waals surface area contributed by atoms with Crippen LogP contribution >= 0.6 is 23.2 Å². The van der Waals surface area contributed by atoms with E-state index in [-0.39, 0.29) is 18.0 Å². The summed E-state index contributed by atoms with van der Waals surface area (Å²) in [4.78, 5) is 12.2. The van der Waals surface area contributed by atoms with Crippen molar-refractivity contribution in [1.29, 1.82) is 0 Å². The Hall–Kier alpha value is -0.770.